The predicted molar refractivity (Wildman–Crippen MR) is 115 cm³/mol. The number of piperazine rings is 1. The molecule has 1 saturated heterocycles. The Bertz CT molecular complexity index is 868. The number of hydrogen-bond acceptors (Lipinski definition) is 3. The van der Waals surface area contributed by atoms with E-state index in [0.29, 0.717) is 30.3 Å². The molecule has 1 N–H and O–H groups in total. The van der Waals surface area contributed by atoms with E-state index < -0.39 is 0 Å². The van der Waals surface area contributed by atoms with Crippen LogP contribution in [0.4, 0.5) is 16.2 Å². The third-order valence-corrected chi connectivity index (χ3v) is 5.29. The lowest BCUT2D eigenvalue weighted by Gasteiger charge is -2.38. The van der Waals surface area contributed by atoms with Crippen LogP contribution in [0.1, 0.15) is 48.2 Å². The van der Waals surface area contributed by atoms with Gasteiger partial charge in [-0.25, -0.2) is 4.79 Å². The normalized spacial score (nSPS) is 14.3. The van der Waals surface area contributed by atoms with E-state index in [1.807, 2.05) is 11.0 Å². The Morgan fingerprint density at radius 1 is 1.00 bits per heavy atom. The molecular formula is C23H29N3O2. The first kappa shape index (κ1) is 19.9. The predicted octanol–water partition coefficient (Wildman–Crippen LogP) is 4.68. The molecule has 28 heavy (non-hydrogen) atoms. The third-order valence-electron chi connectivity index (χ3n) is 5.29. The fourth-order valence-corrected chi connectivity index (χ4v) is 3.73. The fraction of sp³-hybridized carbons (Fsp3) is 0.391. The zero-order chi connectivity index (χ0) is 20.3. The number of nitrogens with one attached hydrogen (secondary N) is 1. The first-order valence-electron chi connectivity index (χ1n) is 9.88. The molecule has 0 aromatic heterocycles. The Morgan fingerprint density at radius 2 is 1.68 bits per heavy atom. The number of amides is 2. The van der Waals surface area contributed by atoms with Crippen molar-refractivity contribution in [3.05, 3.63) is 59.2 Å². The van der Waals surface area contributed by atoms with Crippen molar-refractivity contribution in [2.75, 3.05) is 36.4 Å². The summed E-state index contributed by atoms with van der Waals surface area (Å²) >= 11 is 0. The molecule has 2 aromatic carbocycles. The zero-order valence-corrected chi connectivity index (χ0v) is 17.2. The summed E-state index contributed by atoms with van der Waals surface area (Å²) in [6, 6.07) is 13.4. The highest BCUT2D eigenvalue weighted by Gasteiger charge is 2.24. The Hall–Kier alpha value is -2.82. The van der Waals surface area contributed by atoms with Crippen molar-refractivity contribution in [1.82, 2.24) is 4.90 Å². The molecule has 1 aliphatic heterocycles. The highest BCUT2D eigenvalue weighted by molar-refractivity contribution is 5.96. The quantitative estimate of drug-likeness (QED) is 0.785. The van der Waals surface area contributed by atoms with E-state index in [-0.39, 0.29) is 11.8 Å². The van der Waals surface area contributed by atoms with Crippen LogP contribution in [0.25, 0.3) is 0 Å². The van der Waals surface area contributed by atoms with Gasteiger partial charge in [-0.3, -0.25) is 4.79 Å². The molecule has 0 aliphatic carbocycles. The van der Waals surface area contributed by atoms with E-state index >= 15 is 0 Å². The number of Topliss-reactive ketones (excluding diaryl/α,β-unsaturated/α-hetero) is 1. The Balaban J connectivity index is 1.65. The van der Waals surface area contributed by atoms with Gasteiger partial charge in [-0.1, -0.05) is 44.2 Å². The molecule has 2 amide bonds. The van der Waals surface area contributed by atoms with Crippen molar-refractivity contribution in [3.8, 4) is 0 Å². The maximum atomic E-state index is 12.6. The monoisotopic (exact) mass is 379 g/mol. The molecule has 0 atom stereocenters. The summed E-state index contributed by atoms with van der Waals surface area (Å²) < 4.78 is 0. The van der Waals surface area contributed by atoms with Crippen LogP contribution in [0.2, 0.25) is 0 Å². The maximum absolute atomic E-state index is 12.6. The second-order valence-electron chi connectivity index (χ2n) is 7.71. The molecule has 1 heterocycles. The number of carbonyl (C=O) groups is 2. The van der Waals surface area contributed by atoms with Crippen molar-refractivity contribution < 1.29 is 9.59 Å². The minimum Gasteiger partial charge on any atom is -0.368 e. The van der Waals surface area contributed by atoms with Crippen LogP contribution in [-0.2, 0) is 0 Å². The van der Waals surface area contributed by atoms with Crippen LogP contribution in [0.5, 0.6) is 0 Å². The van der Waals surface area contributed by atoms with Gasteiger partial charge in [-0.15, -0.1) is 0 Å². The lowest BCUT2D eigenvalue weighted by molar-refractivity contribution is 0.101. The van der Waals surface area contributed by atoms with Gasteiger partial charge in [-0.05, 0) is 43.0 Å². The Labute approximate surface area is 167 Å². The number of para-hydroxylation sites is 1. The molecular weight excluding hydrogens is 350 g/mol. The SMILES string of the molecule is CC(=O)c1cccc(NC(=O)N2CCN(c3c(C)cccc3C(C)C)CC2)c1. The van der Waals surface area contributed by atoms with Crippen LogP contribution in [-0.4, -0.2) is 42.9 Å². The number of nitrogens with zero attached hydrogens (tertiary/aromatic N) is 2. The lowest BCUT2D eigenvalue weighted by atomic mass is 9.97. The highest BCUT2D eigenvalue weighted by Crippen LogP contribution is 2.31. The minimum absolute atomic E-state index is 0.0103. The summed E-state index contributed by atoms with van der Waals surface area (Å²) in [6.45, 7) is 11.1. The maximum Gasteiger partial charge on any atom is 0.321 e. The first-order chi connectivity index (χ1) is 13.4. The number of aryl methyl sites for hydroxylation is 1. The molecule has 5 heteroatoms. The average Bonchev–Trinajstić information content (AvgIpc) is 2.68. The van der Waals surface area contributed by atoms with Gasteiger partial charge < -0.3 is 15.1 Å². The number of urea groups is 1. The van der Waals surface area contributed by atoms with E-state index in [0.717, 1.165) is 13.1 Å². The van der Waals surface area contributed by atoms with Gasteiger partial charge in [0.25, 0.3) is 0 Å². The number of ketones is 1. The average molecular weight is 380 g/mol. The first-order valence-corrected chi connectivity index (χ1v) is 9.88. The molecule has 0 spiro atoms. The van der Waals surface area contributed by atoms with Gasteiger partial charge in [-0.2, -0.15) is 0 Å². The number of anilines is 2. The molecule has 1 fully saturated rings. The van der Waals surface area contributed by atoms with Crippen LogP contribution in [0.3, 0.4) is 0 Å². The smallest absolute Gasteiger partial charge is 0.321 e. The Kier molecular flexibility index (Phi) is 6.02. The summed E-state index contributed by atoms with van der Waals surface area (Å²) in [7, 11) is 0. The molecule has 0 bridgehead atoms. The van der Waals surface area contributed by atoms with Crippen molar-refractivity contribution >= 4 is 23.2 Å². The zero-order valence-electron chi connectivity index (χ0n) is 17.2. The van der Waals surface area contributed by atoms with E-state index in [4.69, 9.17) is 0 Å². The topological polar surface area (TPSA) is 52.7 Å². The molecule has 1 aliphatic rings. The van der Waals surface area contributed by atoms with Gasteiger partial charge in [0.1, 0.15) is 0 Å². The van der Waals surface area contributed by atoms with Gasteiger partial charge >= 0.3 is 6.03 Å². The van der Waals surface area contributed by atoms with Crippen molar-refractivity contribution in [2.24, 2.45) is 0 Å². The summed E-state index contributed by atoms with van der Waals surface area (Å²) in [5, 5.41) is 2.92. The Morgan fingerprint density at radius 3 is 2.32 bits per heavy atom. The van der Waals surface area contributed by atoms with E-state index in [2.05, 4.69) is 49.2 Å². The second-order valence-corrected chi connectivity index (χ2v) is 7.71. The number of carbonyl (C=O) groups excluding carboxylic acids is 2. The van der Waals surface area contributed by atoms with Gasteiger partial charge in [0.2, 0.25) is 0 Å². The summed E-state index contributed by atoms with van der Waals surface area (Å²) in [6.07, 6.45) is 0. The van der Waals surface area contributed by atoms with E-state index in [9.17, 15) is 9.59 Å². The second kappa shape index (κ2) is 8.46. The van der Waals surface area contributed by atoms with E-state index in [1.165, 1.54) is 23.7 Å². The number of benzene rings is 2. The summed E-state index contributed by atoms with van der Waals surface area (Å²) in [5.41, 5.74) is 5.21. The molecule has 5 nitrogen and oxygen atoms in total. The van der Waals surface area contributed by atoms with Crippen molar-refractivity contribution in [2.45, 2.75) is 33.6 Å². The van der Waals surface area contributed by atoms with Crippen LogP contribution in [0, 0.1) is 6.92 Å². The number of hydrogen-bond donors (Lipinski definition) is 1. The molecule has 3 rings (SSSR count). The molecule has 0 radical (unpaired) electrons. The molecule has 0 unspecified atom stereocenters. The molecule has 148 valence electrons. The minimum atomic E-state index is -0.116. The lowest BCUT2D eigenvalue weighted by Crippen LogP contribution is -2.50. The standard InChI is InChI=1S/C23H29N3O2/c1-16(2)21-10-5-7-17(3)22(21)25-11-13-26(14-12-25)23(28)24-20-9-6-8-19(15-20)18(4)27/h5-10,15-16H,11-14H2,1-4H3,(H,24,28). The van der Waals surface area contributed by atoms with Crippen LogP contribution >= 0.6 is 0 Å². The third kappa shape index (κ3) is 4.35. The largest absolute Gasteiger partial charge is 0.368 e. The molecule has 2 aromatic rings. The van der Waals surface area contributed by atoms with Crippen molar-refractivity contribution in [3.63, 3.8) is 0 Å². The van der Waals surface area contributed by atoms with E-state index in [1.54, 1.807) is 18.2 Å². The summed E-state index contributed by atoms with van der Waals surface area (Å²) in [5.74, 6) is 0.452. The van der Waals surface area contributed by atoms with Gasteiger partial charge in [0.15, 0.2) is 5.78 Å². The number of rotatable bonds is 4. The van der Waals surface area contributed by atoms with Crippen LogP contribution in [0.15, 0.2) is 42.5 Å². The highest BCUT2D eigenvalue weighted by atomic mass is 16.2. The summed E-state index contributed by atoms with van der Waals surface area (Å²) in [4.78, 5) is 28.4. The van der Waals surface area contributed by atoms with Crippen molar-refractivity contribution in [1.29, 1.82) is 0 Å². The molecule has 0 saturated carbocycles. The van der Waals surface area contributed by atoms with Gasteiger partial charge in [0.05, 0.1) is 0 Å². The fourth-order valence-electron chi connectivity index (χ4n) is 3.73. The van der Waals surface area contributed by atoms with Crippen LogP contribution < -0.4 is 10.2 Å². The van der Waals surface area contributed by atoms with Gasteiger partial charge in [0, 0.05) is 43.1 Å².